The highest BCUT2D eigenvalue weighted by Gasteiger charge is 2.51. The molecule has 0 N–H and O–H groups in total. The molecule has 2 aliphatic rings. The number of likely N-dealkylation sites (tertiary alicyclic amines) is 1. The van der Waals surface area contributed by atoms with E-state index in [1.54, 1.807) is 12.3 Å². The number of ether oxygens (including phenoxy) is 1. The monoisotopic (exact) mass is 355 g/mol. The molecular weight excluding hydrogens is 334 g/mol. The van der Waals surface area contributed by atoms with Crippen molar-refractivity contribution in [1.82, 2.24) is 14.9 Å². The van der Waals surface area contributed by atoms with Gasteiger partial charge in [0.2, 0.25) is 0 Å². The van der Waals surface area contributed by atoms with Gasteiger partial charge in [0.1, 0.15) is 5.69 Å². The molecule has 0 unspecified atom stereocenters. The average Bonchev–Trinajstić information content (AvgIpc) is 3.04. The molecular formula is C19H21N3O2S. The molecule has 5 nitrogen and oxygen atoms in total. The zero-order valence-electron chi connectivity index (χ0n) is 14.2. The van der Waals surface area contributed by atoms with Crippen molar-refractivity contribution in [2.75, 3.05) is 18.8 Å². The van der Waals surface area contributed by atoms with Crippen LogP contribution >= 0.6 is 11.8 Å². The summed E-state index contributed by atoms with van der Waals surface area (Å²) >= 11 is 1.93. The minimum atomic E-state index is 0.0350. The Kier molecular flexibility index (Phi) is 4.48. The maximum absolute atomic E-state index is 12.5. The molecule has 0 aliphatic carbocycles. The maximum Gasteiger partial charge on any atom is 0.272 e. The summed E-state index contributed by atoms with van der Waals surface area (Å²) in [6, 6.07) is 11.5. The summed E-state index contributed by atoms with van der Waals surface area (Å²) in [4.78, 5) is 23.1. The van der Waals surface area contributed by atoms with Gasteiger partial charge < -0.3 is 9.64 Å². The summed E-state index contributed by atoms with van der Waals surface area (Å²) < 4.78 is 6.18. The Morgan fingerprint density at radius 2 is 2.20 bits per heavy atom. The lowest BCUT2D eigenvalue weighted by Gasteiger charge is -2.47. The van der Waals surface area contributed by atoms with E-state index in [1.165, 1.54) is 0 Å². The van der Waals surface area contributed by atoms with Gasteiger partial charge in [-0.1, -0.05) is 12.1 Å². The Labute approximate surface area is 151 Å². The van der Waals surface area contributed by atoms with Crippen molar-refractivity contribution in [3.05, 3.63) is 59.7 Å². The van der Waals surface area contributed by atoms with Crippen LogP contribution in [0.2, 0.25) is 0 Å². The number of aromatic nitrogens is 2. The smallest absolute Gasteiger partial charge is 0.272 e. The van der Waals surface area contributed by atoms with Crippen LogP contribution in [0.5, 0.6) is 0 Å². The van der Waals surface area contributed by atoms with Crippen LogP contribution in [0.3, 0.4) is 0 Å². The van der Waals surface area contributed by atoms with E-state index in [4.69, 9.17) is 4.74 Å². The molecule has 25 heavy (non-hydrogen) atoms. The van der Waals surface area contributed by atoms with E-state index in [1.807, 2.05) is 53.9 Å². The average molecular weight is 355 g/mol. The predicted molar refractivity (Wildman–Crippen MR) is 97.5 cm³/mol. The van der Waals surface area contributed by atoms with Gasteiger partial charge in [0.15, 0.2) is 0 Å². The molecule has 1 amide bonds. The fraction of sp³-hybridized carbons (Fsp3) is 0.421. The third kappa shape index (κ3) is 3.55. The molecule has 4 heterocycles. The van der Waals surface area contributed by atoms with Crippen molar-refractivity contribution >= 4 is 17.7 Å². The zero-order valence-corrected chi connectivity index (χ0v) is 15.0. The van der Waals surface area contributed by atoms with E-state index < -0.39 is 0 Å². The Morgan fingerprint density at radius 3 is 2.96 bits per heavy atom. The standard InChI is InChI=1S/C19H21N3O2S/c1-14-5-4-7-17(21-14)18(23)22-12-19(13-22)9-16(11-25-19)24-10-15-6-2-3-8-20-15/h2-8,16H,9-13H2,1H3/t16-/m1/s1. The highest BCUT2D eigenvalue weighted by atomic mass is 32.2. The molecule has 0 saturated carbocycles. The number of nitrogens with zero attached hydrogens (tertiary/aromatic N) is 3. The molecule has 2 aromatic heterocycles. The summed E-state index contributed by atoms with van der Waals surface area (Å²) in [5.41, 5.74) is 2.38. The molecule has 0 aromatic carbocycles. The minimum Gasteiger partial charge on any atom is -0.371 e. The molecule has 6 heteroatoms. The molecule has 0 bridgehead atoms. The maximum atomic E-state index is 12.5. The van der Waals surface area contributed by atoms with Crippen molar-refractivity contribution in [2.45, 2.75) is 30.8 Å². The van der Waals surface area contributed by atoms with Crippen molar-refractivity contribution < 1.29 is 9.53 Å². The number of carbonyl (C=O) groups is 1. The van der Waals surface area contributed by atoms with Gasteiger partial charge in [0.05, 0.1) is 23.2 Å². The Morgan fingerprint density at radius 1 is 1.32 bits per heavy atom. The van der Waals surface area contributed by atoms with Crippen LogP contribution in [0.15, 0.2) is 42.6 Å². The number of hydrogen-bond donors (Lipinski definition) is 0. The molecule has 2 saturated heterocycles. The van der Waals surface area contributed by atoms with E-state index in [9.17, 15) is 4.79 Å². The number of carbonyl (C=O) groups excluding carboxylic acids is 1. The molecule has 130 valence electrons. The summed E-state index contributed by atoms with van der Waals surface area (Å²) in [6.07, 6.45) is 3.02. The quantitative estimate of drug-likeness (QED) is 0.844. The number of aryl methyl sites for hydroxylation is 1. The van der Waals surface area contributed by atoms with Crippen LogP contribution in [0, 0.1) is 6.92 Å². The SMILES string of the molecule is Cc1cccc(C(=O)N2CC3(C[C@@H](OCc4ccccn4)CS3)C2)n1. The Hall–Kier alpha value is -1.92. The second-order valence-electron chi connectivity index (χ2n) is 6.78. The van der Waals surface area contributed by atoms with Crippen LogP contribution in [0.25, 0.3) is 0 Å². The minimum absolute atomic E-state index is 0.0350. The lowest BCUT2D eigenvalue weighted by Crippen LogP contribution is -2.60. The molecule has 0 radical (unpaired) electrons. The zero-order chi connectivity index (χ0) is 17.3. The van der Waals surface area contributed by atoms with E-state index in [-0.39, 0.29) is 16.8 Å². The molecule has 2 fully saturated rings. The number of amides is 1. The first-order valence-electron chi connectivity index (χ1n) is 8.52. The predicted octanol–water partition coefficient (Wildman–Crippen LogP) is 2.70. The van der Waals surface area contributed by atoms with Crippen LogP contribution in [-0.4, -0.2) is 50.5 Å². The van der Waals surface area contributed by atoms with Crippen LogP contribution in [-0.2, 0) is 11.3 Å². The molecule has 1 spiro atoms. The number of hydrogen-bond acceptors (Lipinski definition) is 5. The first-order chi connectivity index (χ1) is 12.1. The fourth-order valence-electron chi connectivity index (χ4n) is 3.43. The van der Waals surface area contributed by atoms with Gasteiger partial charge in [-0.15, -0.1) is 11.8 Å². The highest BCUT2D eigenvalue weighted by molar-refractivity contribution is 8.01. The molecule has 1 atom stereocenters. The first kappa shape index (κ1) is 16.5. The van der Waals surface area contributed by atoms with Gasteiger partial charge in [-0.25, -0.2) is 4.98 Å². The van der Waals surface area contributed by atoms with E-state index in [2.05, 4.69) is 9.97 Å². The second-order valence-corrected chi connectivity index (χ2v) is 8.27. The summed E-state index contributed by atoms with van der Waals surface area (Å²) in [6.45, 7) is 4.04. The van der Waals surface area contributed by atoms with Crippen molar-refractivity contribution in [2.24, 2.45) is 0 Å². The second kappa shape index (κ2) is 6.77. The van der Waals surface area contributed by atoms with E-state index >= 15 is 0 Å². The van der Waals surface area contributed by atoms with Crippen LogP contribution in [0.1, 0.15) is 28.3 Å². The Bertz CT molecular complexity index is 762. The number of thioether (sulfide) groups is 1. The van der Waals surface area contributed by atoms with Gasteiger partial charge >= 0.3 is 0 Å². The van der Waals surface area contributed by atoms with Gasteiger partial charge in [0.25, 0.3) is 5.91 Å². The summed E-state index contributed by atoms with van der Waals surface area (Å²) in [5, 5.41) is 0. The van der Waals surface area contributed by atoms with Crippen molar-refractivity contribution in [3.8, 4) is 0 Å². The Balaban J connectivity index is 1.29. The summed E-state index contributed by atoms with van der Waals surface area (Å²) in [7, 11) is 0. The molecule has 4 rings (SSSR count). The topological polar surface area (TPSA) is 55.3 Å². The third-order valence-electron chi connectivity index (χ3n) is 4.72. The lowest BCUT2D eigenvalue weighted by molar-refractivity contribution is 0.0243. The summed E-state index contributed by atoms with van der Waals surface area (Å²) in [5.74, 6) is 1.02. The highest BCUT2D eigenvalue weighted by Crippen LogP contribution is 2.46. The van der Waals surface area contributed by atoms with E-state index in [0.717, 1.165) is 36.7 Å². The number of pyridine rings is 2. The third-order valence-corrected chi connectivity index (χ3v) is 6.30. The molecule has 2 aromatic rings. The van der Waals surface area contributed by atoms with Crippen LogP contribution < -0.4 is 0 Å². The largest absolute Gasteiger partial charge is 0.371 e. The first-order valence-corrected chi connectivity index (χ1v) is 9.51. The fourth-order valence-corrected chi connectivity index (χ4v) is 4.99. The van der Waals surface area contributed by atoms with Crippen LogP contribution in [0.4, 0.5) is 0 Å². The normalized spacial score (nSPS) is 21.3. The van der Waals surface area contributed by atoms with Crippen molar-refractivity contribution in [1.29, 1.82) is 0 Å². The lowest BCUT2D eigenvalue weighted by atomic mass is 9.92. The van der Waals surface area contributed by atoms with Gasteiger partial charge in [-0.3, -0.25) is 9.78 Å². The van der Waals surface area contributed by atoms with Gasteiger partial charge in [-0.05, 0) is 37.6 Å². The number of rotatable bonds is 4. The van der Waals surface area contributed by atoms with E-state index in [0.29, 0.717) is 12.3 Å². The van der Waals surface area contributed by atoms with Gasteiger partial charge in [0, 0.05) is 30.7 Å². The van der Waals surface area contributed by atoms with Crippen molar-refractivity contribution in [3.63, 3.8) is 0 Å². The van der Waals surface area contributed by atoms with Gasteiger partial charge in [-0.2, -0.15) is 0 Å². The molecule has 2 aliphatic heterocycles.